The smallest absolute Gasteiger partial charge is 0.267 e. The molecule has 3 aromatic carbocycles. The number of nitrogens with zero attached hydrogens (tertiary/aromatic N) is 4. The highest BCUT2D eigenvalue weighted by Gasteiger charge is 2.28. The molecule has 2 heterocycles. The van der Waals surface area contributed by atoms with Crippen LogP contribution in [0.15, 0.2) is 94.4 Å². The molecule has 0 atom stereocenters. The van der Waals surface area contributed by atoms with Gasteiger partial charge in [0.2, 0.25) is 5.84 Å². The van der Waals surface area contributed by atoms with E-state index in [0.29, 0.717) is 11.7 Å². The lowest BCUT2D eigenvalue weighted by atomic mass is 10.3. The minimum Gasteiger partial charge on any atom is -0.434 e. The zero-order valence-electron chi connectivity index (χ0n) is 14.2. The fourth-order valence-electron chi connectivity index (χ4n) is 2.85. The van der Waals surface area contributed by atoms with E-state index in [1.165, 1.54) is 0 Å². The number of oxazole rings is 1. The zero-order valence-corrected chi connectivity index (χ0v) is 15.9. The maximum Gasteiger partial charge on any atom is 0.267 e. The molecule has 0 unspecified atom stereocenters. The third-order valence-corrected chi connectivity index (χ3v) is 4.08. The second-order valence-electron chi connectivity index (χ2n) is 5.82. The van der Waals surface area contributed by atoms with Crippen LogP contribution >= 0.6 is 17.0 Å². The molecule has 7 heteroatoms. The van der Waals surface area contributed by atoms with E-state index < -0.39 is 0 Å². The summed E-state index contributed by atoms with van der Waals surface area (Å²) in [4.78, 5) is 4.54. The highest BCUT2D eigenvalue weighted by molar-refractivity contribution is 8.93. The highest BCUT2D eigenvalue weighted by Crippen LogP contribution is 2.26. The van der Waals surface area contributed by atoms with Crippen LogP contribution in [-0.2, 0) is 0 Å². The number of para-hydroxylation sites is 4. The fourth-order valence-corrected chi connectivity index (χ4v) is 2.85. The molecule has 134 valence electrons. The molecule has 5 rings (SSSR count). The first kappa shape index (κ1) is 17.1. The van der Waals surface area contributed by atoms with Crippen molar-refractivity contribution in [3.05, 3.63) is 90.8 Å². The number of halogens is 1. The first-order valence-electron chi connectivity index (χ1n) is 8.30. The Labute approximate surface area is 166 Å². The monoisotopic (exact) mass is 421 g/mol. The molecule has 0 saturated heterocycles. The Hall–Kier alpha value is -3.32. The standard InChI is InChI=1S/C20H15N5O.BrH/c1-3-9-15(10-4-1)24-22-19(23-25(24)16-11-5-2-6-12-16)20-21-17-13-7-8-14-18(17)26-20;/h1-14H,(H,22,23);1H. The van der Waals surface area contributed by atoms with Gasteiger partial charge in [0.25, 0.3) is 5.89 Å². The van der Waals surface area contributed by atoms with E-state index in [1.807, 2.05) is 90.0 Å². The third-order valence-electron chi connectivity index (χ3n) is 4.08. The van der Waals surface area contributed by atoms with E-state index in [1.54, 1.807) is 5.12 Å². The molecule has 1 aliphatic heterocycles. The van der Waals surface area contributed by atoms with Crippen LogP contribution in [0, 0.1) is 0 Å². The predicted molar refractivity (Wildman–Crippen MR) is 112 cm³/mol. The van der Waals surface area contributed by atoms with Gasteiger partial charge in [0.15, 0.2) is 5.58 Å². The molecule has 0 bridgehead atoms. The lowest BCUT2D eigenvalue weighted by Crippen LogP contribution is -2.44. The zero-order chi connectivity index (χ0) is 17.3. The van der Waals surface area contributed by atoms with Gasteiger partial charge in [0, 0.05) is 0 Å². The second kappa shape index (κ2) is 7.13. The molecular weight excluding hydrogens is 406 g/mol. The number of fused-ring (bicyclic) bond motifs is 1. The van der Waals surface area contributed by atoms with Crippen LogP contribution in [0.3, 0.4) is 0 Å². The van der Waals surface area contributed by atoms with Crippen molar-refractivity contribution in [1.82, 2.24) is 10.4 Å². The molecule has 0 radical (unpaired) electrons. The Morgan fingerprint density at radius 3 is 2.07 bits per heavy atom. The first-order chi connectivity index (χ1) is 12.9. The van der Waals surface area contributed by atoms with Gasteiger partial charge in [-0.2, -0.15) is 10.2 Å². The van der Waals surface area contributed by atoms with Gasteiger partial charge in [-0.05, 0) is 36.4 Å². The maximum absolute atomic E-state index is 5.86. The Kier molecular flexibility index (Phi) is 4.52. The molecule has 4 aromatic rings. The maximum atomic E-state index is 5.86. The normalized spacial score (nSPS) is 13.3. The van der Waals surface area contributed by atoms with E-state index >= 15 is 0 Å². The average molecular weight is 422 g/mol. The molecule has 0 spiro atoms. The van der Waals surface area contributed by atoms with Crippen molar-refractivity contribution in [1.29, 1.82) is 0 Å². The summed E-state index contributed by atoms with van der Waals surface area (Å²) in [5, 5.41) is 8.34. The number of amidine groups is 1. The number of nitrogens with one attached hydrogen (secondary N) is 1. The van der Waals surface area contributed by atoms with Crippen molar-refractivity contribution in [2.45, 2.75) is 0 Å². The number of hydrogen-bond donors (Lipinski definition) is 1. The fraction of sp³-hybridized carbons (Fsp3) is 0. The molecule has 27 heavy (non-hydrogen) atoms. The van der Waals surface area contributed by atoms with Crippen LogP contribution in [0.1, 0.15) is 5.89 Å². The summed E-state index contributed by atoms with van der Waals surface area (Å²) in [6.45, 7) is 0. The van der Waals surface area contributed by atoms with Crippen LogP contribution in [0.2, 0.25) is 0 Å². The summed E-state index contributed by atoms with van der Waals surface area (Å²) in [5.74, 6) is 1.000. The third kappa shape index (κ3) is 3.13. The van der Waals surface area contributed by atoms with Gasteiger partial charge in [-0.1, -0.05) is 48.5 Å². The van der Waals surface area contributed by atoms with Gasteiger partial charge in [0.05, 0.1) is 11.4 Å². The molecular formula is C20H16BrN5O. The lowest BCUT2D eigenvalue weighted by Gasteiger charge is -2.27. The van der Waals surface area contributed by atoms with Crippen molar-refractivity contribution in [2.75, 3.05) is 10.2 Å². The van der Waals surface area contributed by atoms with Crippen LogP contribution in [0.5, 0.6) is 0 Å². The average Bonchev–Trinajstić information content (AvgIpc) is 3.34. The molecule has 6 nitrogen and oxygen atoms in total. The van der Waals surface area contributed by atoms with Crippen molar-refractivity contribution < 1.29 is 4.42 Å². The molecule has 0 amide bonds. The van der Waals surface area contributed by atoms with E-state index in [4.69, 9.17) is 9.52 Å². The van der Waals surface area contributed by atoms with Gasteiger partial charge in [-0.25, -0.2) is 4.98 Å². The minimum absolute atomic E-state index is 0. The Morgan fingerprint density at radius 1 is 0.741 bits per heavy atom. The summed E-state index contributed by atoms with van der Waals surface area (Å²) in [6, 6.07) is 27.6. The lowest BCUT2D eigenvalue weighted by molar-refractivity contribution is 0.586. The van der Waals surface area contributed by atoms with E-state index in [-0.39, 0.29) is 17.0 Å². The number of hydrogen-bond acceptors (Lipinski definition) is 6. The number of rotatable bonds is 3. The predicted octanol–water partition coefficient (Wildman–Crippen LogP) is 4.51. The number of hydrazone groups is 1. The number of benzene rings is 3. The minimum atomic E-state index is 0. The van der Waals surface area contributed by atoms with Crippen molar-refractivity contribution in [2.24, 2.45) is 5.10 Å². The van der Waals surface area contributed by atoms with E-state index in [9.17, 15) is 0 Å². The molecule has 1 N–H and O–H groups in total. The summed E-state index contributed by atoms with van der Waals surface area (Å²) in [7, 11) is 0. The summed E-state index contributed by atoms with van der Waals surface area (Å²) >= 11 is 0. The topological polar surface area (TPSA) is 56.9 Å². The van der Waals surface area contributed by atoms with E-state index in [2.05, 4.69) is 10.4 Å². The van der Waals surface area contributed by atoms with Crippen molar-refractivity contribution in [3.8, 4) is 0 Å². The highest BCUT2D eigenvalue weighted by atomic mass is 79.9. The van der Waals surface area contributed by atoms with Crippen LogP contribution < -0.4 is 15.7 Å². The second-order valence-corrected chi connectivity index (χ2v) is 5.82. The van der Waals surface area contributed by atoms with Gasteiger partial charge < -0.3 is 4.42 Å². The van der Waals surface area contributed by atoms with Crippen molar-refractivity contribution >= 4 is 45.3 Å². The van der Waals surface area contributed by atoms with Gasteiger partial charge >= 0.3 is 0 Å². The number of aromatic nitrogens is 1. The molecule has 1 aliphatic rings. The van der Waals surface area contributed by atoms with Gasteiger partial charge in [-0.15, -0.1) is 22.1 Å². The van der Waals surface area contributed by atoms with Crippen molar-refractivity contribution in [3.63, 3.8) is 0 Å². The van der Waals surface area contributed by atoms with Crippen LogP contribution in [-0.4, -0.2) is 10.8 Å². The summed E-state index contributed by atoms with van der Waals surface area (Å²) in [6.07, 6.45) is 0. The van der Waals surface area contributed by atoms with Crippen LogP contribution in [0.4, 0.5) is 11.4 Å². The summed E-state index contributed by atoms with van der Waals surface area (Å²) in [5.41, 5.74) is 6.70. The Morgan fingerprint density at radius 2 is 1.37 bits per heavy atom. The molecule has 0 saturated carbocycles. The van der Waals surface area contributed by atoms with E-state index in [0.717, 1.165) is 22.5 Å². The SMILES string of the molecule is Br.c1ccc(N2N=C(c3nc4ccccc4o3)NN2c2ccccc2)cc1. The number of hydrazine groups is 2. The van der Waals surface area contributed by atoms with Gasteiger partial charge in [0.1, 0.15) is 5.52 Å². The molecule has 0 fully saturated rings. The largest absolute Gasteiger partial charge is 0.434 e. The quantitative estimate of drug-likeness (QED) is 0.527. The number of anilines is 2. The Balaban J connectivity index is 0.00000180. The van der Waals surface area contributed by atoms with Gasteiger partial charge in [-0.3, -0.25) is 5.43 Å². The molecule has 1 aromatic heterocycles. The molecule has 0 aliphatic carbocycles. The van der Waals surface area contributed by atoms with Crippen LogP contribution in [0.25, 0.3) is 11.1 Å². The summed E-state index contributed by atoms with van der Waals surface area (Å²) < 4.78 is 5.86. The first-order valence-corrected chi connectivity index (χ1v) is 8.30. The Bertz CT molecular complexity index is 1050.